The Kier molecular flexibility index (Phi) is 7.88. The molecule has 1 aromatic heterocycles. The number of carbonyl (C=O) groups excluding carboxylic acids is 2. The van der Waals surface area contributed by atoms with Gasteiger partial charge in [0, 0.05) is 36.7 Å². The summed E-state index contributed by atoms with van der Waals surface area (Å²) in [5.74, 6) is 0.456. The van der Waals surface area contributed by atoms with Crippen LogP contribution in [0.25, 0.3) is 0 Å². The number of hydrogen-bond acceptors (Lipinski definition) is 7. The molecule has 2 aromatic rings. The molecule has 0 spiro atoms. The molecule has 1 aliphatic heterocycles. The Morgan fingerprint density at radius 1 is 1.03 bits per heavy atom. The second kappa shape index (κ2) is 11.0. The van der Waals surface area contributed by atoms with Gasteiger partial charge in [-0.1, -0.05) is 6.42 Å². The SMILES string of the molecule is CCOC(=O)c1c(NC(=O)CN2CCN(c3ccc(OC)cc3)CC2)sc2c1CCCCC2. The fourth-order valence-corrected chi connectivity index (χ4v) is 5.87. The molecule has 1 fully saturated rings. The van der Waals surface area contributed by atoms with Crippen molar-refractivity contribution in [3.8, 4) is 5.75 Å². The number of methoxy groups -OCH3 is 1. The normalized spacial score (nSPS) is 16.6. The molecule has 7 nitrogen and oxygen atoms in total. The van der Waals surface area contributed by atoms with Gasteiger partial charge in [-0.05, 0) is 62.4 Å². The second-order valence-corrected chi connectivity index (χ2v) is 9.60. The molecule has 0 unspecified atom stereocenters. The van der Waals surface area contributed by atoms with Crippen molar-refractivity contribution in [1.29, 1.82) is 0 Å². The van der Waals surface area contributed by atoms with Crippen molar-refractivity contribution in [2.75, 3.05) is 56.7 Å². The Balaban J connectivity index is 1.36. The summed E-state index contributed by atoms with van der Waals surface area (Å²) in [6.45, 7) is 5.81. The van der Waals surface area contributed by atoms with Crippen molar-refractivity contribution in [3.63, 3.8) is 0 Å². The van der Waals surface area contributed by atoms with E-state index in [4.69, 9.17) is 9.47 Å². The van der Waals surface area contributed by atoms with E-state index in [1.807, 2.05) is 19.1 Å². The van der Waals surface area contributed by atoms with Crippen LogP contribution in [0.5, 0.6) is 5.75 Å². The number of piperazine rings is 1. The molecule has 4 rings (SSSR count). The van der Waals surface area contributed by atoms with E-state index < -0.39 is 0 Å². The number of hydrogen-bond donors (Lipinski definition) is 1. The zero-order chi connectivity index (χ0) is 23.2. The van der Waals surface area contributed by atoms with Crippen molar-refractivity contribution in [1.82, 2.24) is 4.90 Å². The first-order chi connectivity index (χ1) is 16.1. The predicted octanol–water partition coefficient (Wildman–Crippen LogP) is 3.96. The van der Waals surface area contributed by atoms with E-state index in [9.17, 15) is 9.59 Å². The summed E-state index contributed by atoms with van der Waals surface area (Å²) in [4.78, 5) is 31.3. The minimum Gasteiger partial charge on any atom is -0.497 e. The van der Waals surface area contributed by atoms with Crippen LogP contribution in [-0.4, -0.2) is 63.2 Å². The van der Waals surface area contributed by atoms with Crippen LogP contribution in [0.3, 0.4) is 0 Å². The number of benzene rings is 1. The molecular formula is C25H33N3O4S. The number of anilines is 2. The van der Waals surface area contributed by atoms with Gasteiger partial charge in [0.1, 0.15) is 10.8 Å². The molecule has 2 aliphatic rings. The number of amides is 1. The molecule has 2 heterocycles. The number of aryl methyl sites for hydroxylation is 1. The Morgan fingerprint density at radius 3 is 2.45 bits per heavy atom. The number of rotatable bonds is 7. The van der Waals surface area contributed by atoms with Crippen LogP contribution in [0.15, 0.2) is 24.3 Å². The number of esters is 1. The fraction of sp³-hybridized carbons (Fsp3) is 0.520. The summed E-state index contributed by atoms with van der Waals surface area (Å²) in [7, 11) is 1.67. The van der Waals surface area contributed by atoms with Crippen molar-refractivity contribution in [2.45, 2.75) is 39.0 Å². The zero-order valence-electron chi connectivity index (χ0n) is 19.5. The molecule has 1 saturated heterocycles. The average molecular weight is 472 g/mol. The van der Waals surface area contributed by atoms with Gasteiger partial charge in [-0.2, -0.15) is 0 Å². The summed E-state index contributed by atoms with van der Waals surface area (Å²) in [6.07, 6.45) is 5.22. The highest BCUT2D eigenvalue weighted by atomic mass is 32.1. The highest BCUT2D eigenvalue weighted by Crippen LogP contribution is 2.38. The van der Waals surface area contributed by atoms with Crippen molar-refractivity contribution in [2.24, 2.45) is 0 Å². The van der Waals surface area contributed by atoms with Crippen molar-refractivity contribution < 1.29 is 19.1 Å². The Labute approximate surface area is 199 Å². The maximum atomic E-state index is 12.9. The maximum absolute atomic E-state index is 12.9. The lowest BCUT2D eigenvalue weighted by Crippen LogP contribution is -2.48. The van der Waals surface area contributed by atoms with Gasteiger partial charge in [-0.15, -0.1) is 11.3 Å². The first-order valence-corrected chi connectivity index (χ1v) is 12.6. The first kappa shape index (κ1) is 23.6. The van der Waals surface area contributed by atoms with Gasteiger partial charge in [0.15, 0.2) is 0 Å². The van der Waals surface area contributed by atoms with Gasteiger partial charge < -0.3 is 19.7 Å². The number of thiophene rings is 1. The molecular weight excluding hydrogens is 438 g/mol. The molecule has 0 atom stereocenters. The molecule has 178 valence electrons. The molecule has 33 heavy (non-hydrogen) atoms. The number of nitrogens with one attached hydrogen (secondary N) is 1. The number of carbonyl (C=O) groups is 2. The van der Waals surface area contributed by atoms with Crippen LogP contribution in [0.4, 0.5) is 10.7 Å². The van der Waals surface area contributed by atoms with Crippen molar-refractivity contribution >= 4 is 33.9 Å². The van der Waals surface area contributed by atoms with Gasteiger partial charge in [-0.25, -0.2) is 4.79 Å². The highest BCUT2D eigenvalue weighted by Gasteiger charge is 2.27. The summed E-state index contributed by atoms with van der Waals surface area (Å²) in [5.41, 5.74) is 2.83. The minimum absolute atomic E-state index is 0.0742. The largest absolute Gasteiger partial charge is 0.497 e. The van der Waals surface area contributed by atoms with E-state index in [2.05, 4.69) is 27.2 Å². The monoisotopic (exact) mass is 471 g/mol. The van der Waals surface area contributed by atoms with E-state index in [-0.39, 0.29) is 11.9 Å². The maximum Gasteiger partial charge on any atom is 0.341 e. The summed E-state index contributed by atoms with van der Waals surface area (Å²) >= 11 is 1.55. The van der Waals surface area contributed by atoms with E-state index in [0.29, 0.717) is 23.7 Å². The van der Waals surface area contributed by atoms with Gasteiger partial charge in [-0.3, -0.25) is 9.69 Å². The quantitative estimate of drug-likeness (QED) is 0.487. The highest BCUT2D eigenvalue weighted by molar-refractivity contribution is 7.17. The molecule has 1 aliphatic carbocycles. The van der Waals surface area contributed by atoms with Crippen LogP contribution in [0, 0.1) is 0 Å². The molecule has 1 amide bonds. The van der Waals surface area contributed by atoms with Gasteiger partial charge in [0.05, 0.1) is 25.8 Å². The zero-order valence-corrected chi connectivity index (χ0v) is 20.3. The fourth-order valence-electron chi connectivity index (χ4n) is 4.58. The van der Waals surface area contributed by atoms with Gasteiger partial charge in [0.25, 0.3) is 0 Å². The van der Waals surface area contributed by atoms with E-state index in [0.717, 1.165) is 63.2 Å². The standard InChI is InChI=1S/C25H33N3O4S/c1-3-32-25(30)23-20-7-5-4-6-8-21(20)33-24(23)26-22(29)17-27-13-15-28(16-14-27)18-9-11-19(31-2)12-10-18/h9-12H,3-8,13-17H2,1-2H3,(H,26,29). The summed E-state index contributed by atoms with van der Waals surface area (Å²) in [6, 6.07) is 8.08. The Hall–Kier alpha value is -2.58. The lowest BCUT2D eigenvalue weighted by Gasteiger charge is -2.35. The van der Waals surface area contributed by atoms with E-state index >= 15 is 0 Å². The first-order valence-electron chi connectivity index (χ1n) is 11.8. The molecule has 8 heteroatoms. The summed E-state index contributed by atoms with van der Waals surface area (Å²) in [5, 5.41) is 3.69. The number of ether oxygens (including phenoxy) is 2. The lowest BCUT2D eigenvalue weighted by molar-refractivity contribution is -0.117. The predicted molar refractivity (Wildman–Crippen MR) is 132 cm³/mol. The number of fused-ring (bicyclic) bond motifs is 1. The van der Waals surface area contributed by atoms with Crippen molar-refractivity contribution in [3.05, 3.63) is 40.3 Å². The van der Waals surface area contributed by atoms with Crippen LogP contribution in [-0.2, 0) is 22.4 Å². The lowest BCUT2D eigenvalue weighted by atomic mass is 10.1. The second-order valence-electron chi connectivity index (χ2n) is 8.50. The Morgan fingerprint density at radius 2 is 1.76 bits per heavy atom. The van der Waals surface area contributed by atoms with Crippen LogP contribution < -0.4 is 15.0 Å². The third kappa shape index (κ3) is 5.68. The van der Waals surface area contributed by atoms with E-state index in [1.165, 1.54) is 17.0 Å². The summed E-state index contributed by atoms with van der Waals surface area (Å²) < 4.78 is 10.6. The van der Waals surface area contributed by atoms with Gasteiger partial charge in [0.2, 0.25) is 5.91 Å². The van der Waals surface area contributed by atoms with Crippen LogP contribution in [0.2, 0.25) is 0 Å². The Bertz CT molecular complexity index is 965. The third-order valence-corrected chi connectivity index (χ3v) is 7.54. The average Bonchev–Trinajstić information content (AvgIpc) is 2.99. The molecule has 1 aromatic carbocycles. The molecule has 1 N–H and O–H groups in total. The van der Waals surface area contributed by atoms with E-state index in [1.54, 1.807) is 18.4 Å². The molecule has 0 bridgehead atoms. The topological polar surface area (TPSA) is 71.1 Å². The molecule has 0 saturated carbocycles. The van der Waals surface area contributed by atoms with Crippen LogP contribution >= 0.6 is 11.3 Å². The third-order valence-electron chi connectivity index (χ3n) is 6.33. The minimum atomic E-state index is -0.319. The number of nitrogens with zero attached hydrogens (tertiary/aromatic N) is 2. The van der Waals surface area contributed by atoms with Crippen LogP contribution in [0.1, 0.15) is 47.0 Å². The molecule has 0 radical (unpaired) electrons. The smallest absolute Gasteiger partial charge is 0.341 e. The van der Waals surface area contributed by atoms with Gasteiger partial charge >= 0.3 is 5.97 Å².